The first kappa shape index (κ1) is 16.1. The summed E-state index contributed by atoms with van der Waals surface area (Å²) in [5.74, 6) is 0.817. The lowest BCUT2D eigenvalue weighted by atomic mass is 10.0. The first-order chi connectivity index (χ1) is 9.82. The van der Waals surface area contributed by atoms with Crippen molar-refractivity contribution in [3.63, 3.8) is 0 Å². The van der Waals surface area contributed by atoms with Gasteiger partial charge in [0, 0.05) is 43.9 Å². The summed E-state index contributed by atoms with van der Waals surface area (Å²) in [6, 6.07) is 5.29. The van der Waals surface area contributed by atoms with Gasteiger partial charge in [0.05, 0.1) is 13.4 Å². The maximum atomic E-state index is 11.5. The van der Waals surface area contributed by atoms with Crippen LogP contribution in [0.4, 0.5) is 0 Å². The molecule has 1 aromatic rings. The number of piperazine rings is 1. The molecule has 1 aromatic carbocycles. The molecule has 1 aliphatic rings. The average molecular weight is 314 g/mol. The zero-order chi connectivity index (χ0) is 15.6. The van der Waals surface area contributed by atoms with E-state index < -0.39 is 10.0 Å². The highest BCUT2D eigenvalue weighted by Crippen LogP contribution is 2.32. The molecule has 1 aliphatic heterocycles. The summed E-state index contributed by atoms with van der Waals surface area (Å²) in [5, 5.41) is 10.1. The van der Waals surface area contributed by atoms with E-state index in [1.54, 1.807) is 13.2 Å². The molecular formula is C14H22N2O4S. The van der Waals surface area contributed by atoms with Crippen molar-refractivity contribution in [1.29, 1.82) is 0 Å². The predicted octanol–water partition coefficient (Wildman–Crippen LogP) is 1.04. The Balaban J connectivity index is 2.07. The van der Waals surface area contributed by atoms with Gasteiger partial charge in [0.1, 0.15) is 11.5 Å². The van der Waals surface area contributed by atoms with Gasteiger partial charge >= 0.3 is 0 Å². The highest BCUT2D eigenvalue weighted by molar-refractivity contribution is 7.88. The van der Waals surface area contributed by atoms with E-state index in [1.165, 1.54) is 10.6 Å². The van der Waals surface area contributed by atoms with Crippen LogP contribution in [0, 0.1) is 0 Å². The van der Waals surface area contributed by atoms with E-state index >= 15 is 0 Å². The Labute approximate surface area is 126 Å². The second-order valence-corrected chi connectivity index (χ2v) is 7.28. The molecule has 1 saturated heterocycles. The van der Waals surface area contributed by atoms with Gasteiger partial charge in [-0.1, -0.05) is 6.07 Å². The number of methoxy groups -OCH3 is 1. The minimum absolute atomic E-state index is 0.0256. The molecule has 0 bridgehead atoms. The van der Waals surface area contributed by atoms with Crippen LogP contribution >= 0.6 is 0 Å². The van der Waals surface area contributed by atoms with Crippen LogP contribution in [0.1, 0.15) is 18.5 Å². The van der Waals surface area contributed by atoms with E-state index in [9.17, 15) is 13.5 Å². The summed E-state index contributed by atoms with van der Waals surface area (Å²) in [4.78, 5) is 2.17. The molecule has 2 rings (SSSR count). The van der Waals surface area contributed by atoms with Crippen LogP contribution in [-0.4, -0.2) is 62.3 Å². The van der Waals surface area contributed by atoms with Gasteiger partial charge < -0.3 is 9.84 Å². The van der Waals surface area contributed by atoms with Gasteiger partial charge in [-0.25, -0.2) is 8.42 Å². The van der Waals surface area contributed by atoms with Gasteiger partial charge in [-0.05, 0) is 13.0 Å². The number of ether oxygens (including phenoxy) is 1. The van der Waals surface area contributed by atoms with E-state index in [0.29, 0.717) is 31.9 Å². The van der Waals surface area contributed by atoms with Gasteiger partial charge in [0.25, 0.3) is 0 Å². The highest BCUT2D eigenvalue weighted by Gasteiger charge is 2.27. The maximum absolute atomic E-state index is 11.5. The van der Waals surface area contributed by atoms with E-state index in [0.717, 1.165) is 5.56 Å². The van der Waals surface area contributed by atoms with Crippen LogP contribution in [0.25, 0.3) is 0 Å². The molecule has 21 heavy (non-hydrogen) atoms. The van der Waals surface area contributed by atoms with Gasteiger partial charge in [0.2, 0.25) is 10.0 Å². The lowest BCUT2D eigenvalue weighted by Crippen LogP contribution is -2.48. The van der Waals surface area contributed by atoms with Crippen molar-refractivity contribution in [3.05, 3.63) is 23.8 Å². The fourth-order valence-electron chi connectivity index (χ4n) is 2.62. The molecule has 0 aromatic heterocycles. The number of phenolic OH excluding ortho intramolecular Hbond substituents is 1. The number of hydrogen-bond donors (Lipinski definition) is 1. The minimum Gasteiger partial charge on any atom is -0.507 e. The molecule has 7 heteroatoms. The molecule has 118 valence electrons. The Bertz CT molecular complexity index is 595. The van der Waals surface area contributed by atoms with Crippen molar-refractivity contribution in [1.82, 2.24) is 9.21 Å². The molecule has 0 aliphatic carbocycles. The number of sulfonamides is 1. The third-order valence-electron chi connectivity index (χ3n) is 3.98. The van der Waals surface area contributed by atoms with Crippen LogP contribution < -0.4 is 4.74 Å². The van der Waals surface area contributed by atoms with Crippen molar-refractivity contribution in [2.75, 3.05) is 39.5 Å². The van der Waals surface area contributed by atoms with Crippen molar-refractivity contribution < 1.29 is 18.3 Å². The van der Waals surface area contributed by atoms with Crippen LogP contribution in [0.3, 0.4) is 0 Å². The quantitative estimate of drug-likeness (QED) is 0.899. The van der Waals surface area contributed by atoms with Gasteiger partial charge in [-0.3, -0.25) is 4.90 Å². The Morgan fingerprint density at radius 1 is 1.24 bits per heavy atom. The Hall–Kier alpha value is -1.31. The molecule has 6 nitrogen and oxygen atoms in total. The molecule has 0 spiro atoms. The zero-order valence-corrected chi connectivity index (χ0v) is 13.4. The molecule has 1 atom stereocenters. The van der Waals surface area contributed by atoms with Gasteiger partial charge in [-0.15, -0.1) is 0 Å². The molecule has 1 N–H and O–H groups in total. The Morgan fingerprint density at radius 3 is 2.33 bits per heavy atom. The molecule has 0 amide bonds. The maximum Gasteiger partial charge on any atom is 0.211 e. The van der Waals surface area contributed by atoms with Crippen molar-refractivity contribution in [2.45, 2.75) is 13.0 Å². The number of nitrogens with zero attached hydrogens (tertiary/aromatic N) is 2. The number of phenols is 1. The fraction of sp³-hybridized carbons (Fsp3) is 0.571. The molecule has 1 fully saturated rings. The summed E-state index contributed by atoms with van der Waals surface area (Å²) in [6.07, 6.45) is 1.24. The third-order valence-corrected chi connectivity index (χ3v) is 5.28. The molecular weight excluding hydrogens is 292 g/mol. The number of benzene rings is 1. The Morgan fingerprint density at radius 2 is 1.86 bits per heavy atom. The van der Waals surface area contributed by atoms with Crippen LogP contribution in [0.15, 0.2) is 18.2 Å². The van der Waals surface area contributed by atoms with Gasteiger partial charge in [0.15, 0.2) is 0 Å². The van der Waals surface area contributed by atoms with Crippen molar-refractivity contribution in [3.8, 4) is 11.5 Å². The van der Waals surface area contributed by atoms with Crippen LogP contribution in [0.5, 0.6) is 11.5 Å². The topological polar surface area (TPSA) is 70.1 Å². The molecule has 0 radical (unpaired) electrons. The highest BCUT2D eigenvalue weighted by atomic mass is 32.2. The first-order valence-electron chi connectivity index (χ1n) is 6.89. The summed E-state index contributed by atoms with van der Waals surface area (Å²) < 4.78 is 29.6. The van der Waals surface area contributed by atoms with Crippen molar-refractivity contribution in [2.24, 2.45) is 0 Å². The standard InChI is InChI=1S/C14H22N2O4S/c1-11(13-5-4-12(20-2)10-14(13)17)15-6-8-16(9-7-15)21(3,18)19/h4-5,10-11,17H,6-9H2,1-3H3. The second kappa shape index (κ2) is 6.21. The lowest BCUT2D eigenvalue weighted by Gasteiger charge is -2.37. The minimum atomic E-state index is -3.12. The van der Waals surface area contributed by atoms with Crippen molar-refractivity contribution >= 4 is 10.0 Å². The second-order valence-electron chi connectivity index (χ2n) is 5.30. The predicted molar refractivity (Wildman–Crippen MR) is 81.1 cm³/mol. The van der Waals surface area contributed by atoms with Gasteiger partial charge in [-0.2, -0.15) is 4.31 Å². The number of hydrogen-bond acceptors (Lipinski definition) is 5. The smallest absolute Gasteiger partial charge is 0.211 e. The summed E-state index contributed by atoms with van der Waals surface area (Å²) in [6.45, 7) is 4.29. The molecule has 1 heterocycles. The first-order valence-corrected chi connectivity index (χ1v) is 8.74. The molecule has 1 unspecified atom stereocenters. The summed E-state index contributed by atoms with van der Waals surface area (Å²) >= 11 is 0. The average Bonchev–Trinajstić information content (AvgIpc) is 2.45. The normalized spacial score (nSPS) is 19.4. The monoisotopic (exact) mass is 314 g/mol. The number of rotatable bonds is 4. The Kier molecular flexibility index (Phi) is 4.75. The van der Waals surface area contributed by atoms with E-state index in [4.69, 9.17) is 4.74 Å². The van der Waals surface area contributed by atoms with E-state index in [2.05, 4.69) is 4.90 Å². The summed E-state index contributed by atoms with van der Waals surface area (Å²) in [7, 11) is -1.56. The SMILES string of the molecule is COc1ccc(C(C)N2CCN(S(C)(=O)=O)CC2)c(O)c1. The lowest BCUT2D eigenvalue weighted by molar-refractivity contribution is 0.144. The van der Waals surface area contributed by atoms with E-state index in [-0.39, 0.29) is 11.8 Å². The number of aromatic hydroxyl groups is 1. The van der Waals surface area contributed by atoms with E-state index in [1.807, 2.05) is 19.1 Å². The van der Waals surface area contributed by atoms with Crippen LogP contribution in [-0.2, 0) is 10.0 Å². The fourth-order valence-corrected chi connectivity index (χ4v) is 3.45. The molecule has 0 saturated carbocycles. The zero-order valence-electron chi connectivity index (χ0n) is 12.6. The summed E-state index contributed by atoms with van der Waals surface area (Å²) in [5.41, 5.74) is 0.823. The third kappa shape index (κ3) is 3.66. The largest absolute Gasteiger partial charge is 0.507 e. The van der Waals surface area contributed by atoms with Crippen LogP contribution in [0.2, 0.25) is 0 Å².